The normalized spacial score (nSPS) is 12.5. The minimum atomic E-state index is -0.0562. The summed E-state index contributed by atoms with van der Waals surface area (Å²) in [6.45, 7) is 4.97. The highest BCUT2D eigenvalue weighted by Crippen LogP contribution is 2.20. The maximum Gasteiger partial charge on any atom is 0.225 e. The van der Waals surface area contributed by atoms with Gasteiger partial charge in [-0.1, -0.05) is 25.4 Å². The fourth-order valence-corrected chi connectivity index (χ4v) is 2.03. The van der Waals surface area contributed by atoms with Gasteiger partial charge in [0.1, 0.15) is 0 Å². The van der Waals surface area contributed by atoms with E-state index in [1.807, 2.05) is 0 Å². The second kappa shape index (κ2) is 8.07. The molecule has 1 heterocycles. The van der Waals surface area contributed by atoms with Crippen LogP contribution in [-0.2, 0) is 4.79 Å². The smallest absolute Gasteiger partial charge is 0.225 e. The summed E-state index contributed by atoms with van der Waals surface area (Å²) < 4.78 is 0. The number of halogens is 1. The molecule has 1 atom stereocenters. The van der Waals surface area contributed by atoms with Gasteiger partial charge < -0.3 is 11.1 Å². The van der Waals surface area contributed by atoms with Gasteiger partial charge in [0.25, 0.3) is 0 Å². The van der Waals surface area contributed by atoms with Gasteiger partial charge in [-0.15, -0.1) is 10.2 Å². The fraction of sp³-hybridized carbons (Fsp3) is 0.615. The lowest BCUT2D eigenvalue weighted by atomic mass is 9.88. The van der Waals surface area contributed by atoms with Gasteiger partial charge in [0.2, 0.25) is 5.91 Å². The summed E-state index contributed by atoms with van der Waals surface area (Å²) in [5.74, 6) is 1.38. The lowest BCUT2D eigenvalue weighted by Crippen LogP contribution is -2.18. The zero-order valence-corrected chi connectivity index (χ0v) is 12.2. The topological polar surface area (TPSA) is 80.9 Å². The third-order valence-corrected chi connectivity index (χ3v) is 3.32. The number of carbonyl (C=O) groups is 1. The number of hydrogen-bond acceptors (Lipinski definition) is 4. The highest BCUT2D eigenvalue weighted by atomic mass is 35.5. The SMILES string of the molecule is CC(C)C(CCN)CCC(=O)Nc1ccc(Cl)nn1. The molecule has 19 heavy (non-hydrogen) atoms. The minimum Gasteiger partial charge on any atom is -0.330 e. The molecule has 3 N–H and O–H groups in total. The number of carbonyl (C=O) groups excluding carboxylic acids is 1. The maximum absolute atomic E-state index is 11.8. The lowest BCUT2D eigenvalue weighted by molar-refractivity contribution is -0.116. The third-order valence-electron chi connectivity index (χ3n) is 3.12. The Balaban J connectivity index is 2.40. The van der Waals surface area contributed by atoms with Crippen molar-refractivity contribution in [1.29, 1.82) is 0 Å². The Morgan fingerprint density at radius 2 is 2.11 bits per heavy atom. The zero-order chi connectivity index (χ0) is 14.3. The van der Waals surface area contributed by atoms with E-state index in [1.165, 1.54) is 0 Å². The van der Waals surface area contributed by atoms with Crippen molar-refractivity contribution < 1.29 is 4.79 Å². The van der Waals surface area contributed by atoms with Gasteiger partial charge in [-0.25, -0.2) is 0 Å². The first-order valence-electron chi connectivity index (χ1n) is 6.52. The van der Waals surface area contributed by atoms with E-state index in [9.17, 15) is 4.79 Å². The molecule has 0 saturated heterocycles. The van der Waals surface area contributed by atoms with Crippen molar-refractivity contribution in [3.05, 3.63) is 17.3 Å². The fourth-order valence-electron chi connectivity index (χ4n) is 1.93. The predicted molar refractivity (Wildman–Crippen MR) is 76.9 cm³/mol. The maximum atomic E-state index is 11.8. The lowest BCUT2D eigenvalue weighted by Gasteiger charge is -2.19. The van der Waals surface area contributed by atoms with Crippen LogP contribution in [0.1, 0.15) is 33.1 Å². The Morgan fingerprint density at radius 3 is 2.63 bits per heavy atom. The van der Waals surface area contributed by atoms with Crippen molar-refractivity contribution in [3.63, 3.8) is 0 Å². The van der Waals surface area contributed by atoms with Crippen molar-refractivity contribution in [1.82, 2.24) is 10.2 Å². The molecular formula is C13H21ClN4O. The third kappa shape index (κ3) is 5.98. The average Bonchev–Trinajstić information content (AvgIpc) is 2.37. The summed E-state index contributed by atoms with van der Waals surface area (Å²) in [5, 5.41) is 10.5. The zero-order valence-electron chi connectivity index (χ0n) is 11.4. The van der Waals surface area contributed by atoms with E-state index in [-0.39, 0.29) is 5.91 Å². The van der Waals surface area contributed by atoms with Crippen LogP contribution in [0.25, 0.3) is 0 Å². The molecule has 0 spiro atoms. The van der Waals surface area contributed by atoms with E-state index >= 15 is 0 Å². The number of amides is 1. The molecule has 0 aliphatic rings. The molecule has 0 aromatic carbocycles. The molecule has 6 heteroatoms. The first-order chi connectivity index (χ1) is 9.02. The largest absolute Gasteiger partial charge is 0.330 e. The Kier molecular flexibility index (Phi) is 6.73. The van der Waals surface area contributed by atoms with Crippen molar-refractivity contribution in [2.45, 2.75) is 33.1 Å². The summed E-state index contributed by atoms with van der Waals surface area (Å²) in [6.07, 6.45) is 2.25. The molecule has 0 aliphatic heterocycles. The summed E-state index contributed by atoms with van der Waals surface area (Å²) in [4.78, 5) is 11.8. The molecule has 1 rings (SSSR count). The van der Waals surface area contributed by atoms with Crippen molar-refractivity contribution in [2.75, 3.05) is 11.9 Å². The van der Waals surface area contributed by atoms with Crippen LogP contribution in [0.15, 0.2) is 12.1 Å². The molecule has 0 fully saturated rings. The minimum absolute atomic E-state index is 0.0562. The van der Waals surface area contributed by atoms with E-state index in [4.69, 9.17) is 17.3 Å². The van der Waals surface area contributed by atoms with Crippen LogP contribution < -0.4 is 11.1 Å². The van der Waals surface area contributed by atoms with E-state index in [2.05, 4.69) is 29.4 Å². The summed E-state index contributed by atoms with van der Waals surface area (Å²) in [6, 6.07) is 3.22. The van der Waals surface area contributed by atoms with Crippen LogP contribution in [-0.4, -0.2) is 22.6 Å². The van der Waals surface area contributed by atoms with Gasteiger partial charge in [0.15, 0.2) is 11.0 Å². The molecule has 1 aromatic heterocycles. The van der Waals surface area contributed by atoms with Gasteiger partial charge in [-0.3, -0.25) is 4.79 Å². The quantitative estimate of drug-likeness (QED) is 0.806. The molecule has 106 valence electrons. The first kappa shape index (κ1) is 15.9. The van der Waals surface area contributed by atoms with Crippen LogP contribution in [0.2, 0.25) is 5.15 Å². The summed E-state index contributed by atoms with van der Waals surface area (Å²) in [5.41, 5.74) is 5.58. The van der Waals surface area contributed by atoms with Crippen molar-refractivity contribution in [2.24, 2.45) is 17.6 Å². The van der Waals surface area contributed by atoms with Crippen molar-refractivity contribution >= 4 is 23.3 Å². The average molecular weight is 285 g/mol. The molecule has 5 nitrogen and oxygen atoms in total. The summed E-state index contributed by atoms with van der Waals surface area (Å²) in [7, 11) is 0. The number of rotatable bonds is 7. The molecule has 0 saturated carbocycles. The first-order valence-corrected chi connectivity index (χ1v) is 6.90. The Morgan fingerprint density at radius 1 is 1.37 bits per heavy atom. The number of aromatic nitrogens is 2. The van der Waals surface area contributed by atoms with Crippen LogP contribution in [0.3, 0.4) is 0 Å². The second-order valence-corrected chi connectivity index (χ2v) is 5.30. The van der Waals surface area contributed by atoms with Crippen LogP contribution in [0, 0.1) is 11.8 Å². The Bertz CT molecular complexity index is 394. The number of anilines is 1. The molecule has 1 unspecified atom stereocenters. The highest BCUT2D eigenvalue weighted by molar-refractivity contribution is 6.29. The second-order valence-electron chi connectivity index (χ2n) is 4.91. The molecule has 1 aromatic rings. The summed E-state index contributed by atoms with van der Waals surface area (Å²) >= 11 is 5.62. The number of nitrogens with one attached hydrogen (secondary N) is 1. The van der Waals surface area contributed by atoms with E-state index in [0.717, 1.165) is 12.8 Å². The predicted octanol–water partition coefficient (Wildman–Crippen LogP) is 2.47. The standard InChI is InChI=1S/C13H21ClN4O/c1-9(2)10(7-8-15)3-6-13(19)16-12-5-4-11(14)17-18-12/h4-5,9-10H,3,6-8,15H2,1-2H3,(H,16,18,19). The van der Waals surface area contributed by atoms with Crippen molar-refractivity contribution in [3.8, 4) is 0 Å². The monoisotopic (exact) mass is 284 g/mol. The van der Waals surface area contributed by atoms with E-state index in [0.29, 0.717) is 35.8 Å². The molecule has 0 aliphatic carbocycles. The van der Waals surface area contributed by atoms with Crippen LogP contribution >= 0.6 is 11.6 Å². The van der Waals surface area contributed by atoms with Gasteiger partial charge in [-0.05, 0) is 43.4 Å². The van der Waals surface area contributed by atoms with Gasteiger partial charge in [0.05, 0.1) is 0 Å². The number of nitrogens with zero attached hydrogens (tertiary/aromatic N) is 2. The molecule has 1 amide bonds. The molecule has 0 bridgehead atoms. The Hall–Kier alpha value is -1.20. The van der Waals surface area contributed by atoms with E-state index < -0.39 is 0 Å². The number of nitrogens with two attached hydrogens (primary N) is 1. The van der Waals surface area contributed by atoms with Gasteiger partial charge >= 0.3 is 0 Å². The van der Waals surface area contributed by atoms with Gasteiger partial charge in [0, 0.05) is 6.42 Å². The van der Waals surface area contributed by atoms with E-state index in [1.54, 1.807) is 12.1 Å². The molecule has 0 radical (unpaired) electrons. The van der Waals surface area contributed by atoms with Gasteiger partial charge in [-0.2, -0.15) is 0 Å². The molecular weight excluding hydrogens is 264 g/mol. The van der Waals surface area contributed by atoms with Crippen LogP contribution in [0.5, 0.6) is 0 Å². The highest BCUT2D eigenvalue weighted by Gasteiger charge is 2.14. The van der Waals surface area contributed by atoms with Crippen LogP contribution in [0.4, 0.5) is 5.82 Å². The number of hydrogen-bond donors (Lipinski definition) is 2. The Labute approximate surface area is 118 Å².